The quantitative estimate of drug-likeness (QED) is 0.716. The summed E-state index contributed by atoms with van der Waals surface area (Å²) in [5.41, 5.74) is 6.23. The molecule has 2 atom stereocenters. The molecule has 1 heterocycles. The first-order valence-corrected chi connectivity index (χ1v) is 4.55. The van der Waals surface area contributed by atoms with Gasteiger partial charge in [0.1, 0.15) is 13.0 Å². The number of hydrogen-bond donors (Lipinski definition) is 2. The summed E-state index contributed by atoms with van der Waals surface area (Å²) in [7, 11) is 0. The lowest BCUT2D eigenvalue weighted by molar-refractivity contribution is 0.542. The van der Waals surface area contributed by atoms with E-state index in [1.807, 2.05) is 0 Å². The van der Waals surface area contributed by atoms with E-state index >= 15 is 0 Å². The van der Waals surface area contributed by atoms with Gasteiger partial charge in [-0.2, -0.15) is 0 Å². The van der Waals surface area contributed by atoms with Gasteiger partial charge < -0.3 is 11.0 Å². The first-order valence-electron chi connectivity index (χ1n) is 5.00. The normalized spacial score (nSPS) is 29.2. The van der Waals surface area contributed by atoms with Gasteiger partial charge in [0, 0.05) is 18.2 Å². The maximum Gasteiger partial charge on any atom is 0.126 e. The number of nitrogens with two attached hydrogens (primary N) is 1. The fraction of sp³-hybridized carbons (Fsp3) is 0.400. The van der Waals surface area contributed by atoms with Crippen molar-refractivity contribution in [1.82, 2.24) is 5.31 Å². The number of benzene rings is 1. The lowest BCUT2D eigenvalue weighted by atomic mass is 10.0. The van der Waals surface area contributed by atoms with E-state index in [0.717, 1.165) is 6.07 Å². The average Bonchev–Trinajstić information content (AvgIpc) is 2.44. The van der Waals surface area contributed by atoms with Crippen molar-refractivity contribution in [2.45, 2.75) is 18.5 Å². The van der Waals surface area contributed by atoms with Gasteiger partial charge in [0.15, 0.2) is 0 Å². The molecule has 1 saturated heterocycles. The maximum absolute atomic E-state index is 13.0. The Morgan fingerprint density at radius 3 is 2.50 bits per heavy atom. The highest BCUT2D eigenvalue weighted by Gasteiger charge is 2.25. The second-order valence-electron chi connectivity index (χ2n) is 3.51. The number of nitrogens with one attached hydrogen (secondary N) is 1. The largest absolute Gasteiger partial charge is 0.326 e. The molecule has 1 aromatic rings. The Hall–Kier alpha value is -1.00. The van der Waals surface area contributed by atoms with E-state index in [9.17, 15) is 8.78 Å². The highest BCUT2D eigenvalue weighted by atomic mass is 19.1. The fourth-order valence-corrected chi connectivity index (χ4v) is 1.75. The van der Waals surface area contributed by atoms with Crippen molar-refractivity contribution in [2.75, 3.05) is 6.54 Å². The van der Waals surface area contributed by atoms with Gasteiger partial charge in [-0.15, -0.1) is 0 Å². The Morgan fingerprint density at radius 1 is 1.36 bits per heavy atom. The van der Waals surface area contributed by atoms with E-state index in [1.165, 1.54) is 17.4 Å². The molecular formula is C10H12F2N2. The zero-order valence-electron chi connectivity index (χ0n) is 8.58. The Labute approximate surface area is 82.6 Å². The molecule has 0 saturated carbocycles. The van der Waals surface area contributed by atoms with Crippen LogP contribution < -0.4 is 11.0 Å². The molecule has 1 aliphatic heterocycles. The molecule has 76 valence electrons. The SMILES string of the molecule is [2H]N1CCC(N)[C@H]1c1cc(F)cc(F)c1. The second kappa shape index (κ2) is 3.63. The molecule has 0 spiro atoms. The number of rotatable bonds is 1. The minimum Gasteiger partial charge on any atom is -0.326 e. The van der Waals surface area contributed by atoms with Gasteiger partial charge in [0.05, 0.1) is 0 Å². The number of hydrogen-bond acceptors (Lipinski definition) is 2. The van der Waals surface area contributed by atoms with Crippen LogP contribution in [0.2, 0.25) is 1.41 Å². The summed E-state index contributed by atoms with van der Waals surface area (Å²) in [6.45, 7) is 0.532. The van der Waals surface area contributed by atoms with Crippen LogP contribution in [0.3, 0.4) is 0 Å². The first-order chi connectivity index (χ1) is 7.08. The van der Waals surface area contributed by atoms with Crippen molar-refractivity contribution in [3.05, 3.63) is 35.4 Å². The lowest BCUT2D eigenvalue weighted by Gasteiger charge is -2.15. The summed E-state index contributed by atoms with van der Waals surface area (Å²) in [4.78, 5) is 0. The molecule has 1 aromatic carbocycles. The zero-order chi connectivity index (χ0) is 11.0. The Morgan fingerprint density at radius 2 is 2.00 bits per heavy atom. The van der Waals surface area contributed by atoms with Crippen LogP contribution in [-0.2, 0) is 0 Å². The van der Waals surface area contributed by atoms with E-state index in [4.69, 9.17) is 7.15 Å². The molecule has 0 amide bonds. The summed E-state index contributed by atoms with van der Waals surface area (Å²) < 4.78 is 33.6. The van der Waals surface area contributed by atoms with Crippen LogP contribution in [0.5, 0.6) is 0 Å². The van der Waals surface area contributed by atoms with Gasteiger partial charge in [-0.1, -0.05) is 0 Å². The molecule has 14 heavy (non-hydrogen) atoms. The monoisotopic (exact) mass is 199 g/mol. The first kappa shape index (κ1) is 8.32. The van der Waals surface area contributed by atoms with Crippen molar-refractivity contribution in [1.29, 1.82) is 0 Å². The zero-order valence-corrected chi connectivity index (χ0v) is 7.58. The van der Waals surface area contributed by atoms with E-state index in [-0.39, 0.29) is 6.04 Å². The molecular weight excluding hydrogens is 186 g/mol. The second-order valence-corrected chi connectivity index (χ2v) is 3.51. The fourth-order valence-electron chi connectivity index (χ4n) is 1.75. The van der Waals surface area contributed by atoms with Gasteiger partial charge in [-0.25, -0.2) is 8.78 Å². The molecule has 1 unspecified atom stereocenters. The van der Waals surface area contributed by atoms with E-state index in [0.29, 0.717) is 18.5 Å². The van der Waals surface area contributed by atoms with Crippen LogP contribution in [0.15, 0.2) is 18.2 Å². The van der Waals surface area contributed by atoms with Crippen LogP contribution >= 0.6 is 0 Å². The van der Waals surface area contributed by atoms with Gasteiger partial charge in [0.25, 0.3) is 0 Å². The topological polar surface area (TPSA) is 38.0 Å². The van der Waals surface area contributed by atoms with Crippen molar-refractivity contribution >= 4 is 0 Å². The summed E-state index contributed by atoms with van der Waals surface area (Å²) in [6, 6.07) is 2.65. The van der Waals surface area contributed by atoms with Gasteiger partial charge in [-0.3, -0.25) is 0 Å². The summed E-state index contributed by atoms with van der Waals surface area (Å²) in [6.07, 6.45) is 0.673. The van der Waals surface area contributed by atoms with E-state index in [1.54, 1.807) is 0 Å². The average molecular weight is 199 g/mol. The van der Waals surface area contributed by atoms with Crippen molar-refractivity contribution in [3.63, 3.8) is 0 Å². The Kier molecular flexibility index (Phi) is 2.16. The Balaban J connectivity index is 2.35. The minimum atomic E-state index is -0.627. The van der Waals surface area contributed by atoms with E-state index in [2.05, 4.69) is 0 Å². The molecule has 1 fully saturated rings. The lowest BCUT2D eigenvalue weighted by Crippen LogP contribution is -2.28. The predicted octanol–water partition coefficient (Wildman–Crippen LogP) is 1.33. The molecule has 4 heteroatoms. The van der Waals surface area contributed by atoms with Crippen molar-refractivity contribution < 1.29 is 10.2 Å². The highest BCUT2D eigenvalue weighted by molar-refractivity contribution is 5.23. The van der Waals surface area contributed by atoms with E-state index < -0.39 is 17.7 Å². The third kappa shape index (κ3) is 1.76. The van der Waals surface area contributed by atoms with Crippen LogP contribution in [0.1, 0.15) is 18.0 Å². The van der Waals surface area contributed by atoms with Crippen LogP contribution in [0, 0.1) is 11.6 Å². The molecule has 0 bridgehead atoms. The minimum absolute atomic E-state index is 0.233. The third-order valence-corrected chi connectivity index (χ3v) is 2.42. The Bertz CT molecular complexity index is 342. The van der Waals surface area contributed by atoms with Crippen molar-refractivity contribution in [2.24, 2.45) is 5.73 Å². The molecule has 0 aliphatic carbocycles. The molecule has 2 nitrogen and oxygen atoms in total. The van der Waals surface area contributed by atoms with Gasteiger partial charge >= 0.3 is 0 Å². The maximum atomic E-state index is 13.0. The summed E-state index contributed by atoms with van der Waals surface area (Å²) in [5, 5.41) is 1.28. The molecule has 3 N–H and O–H groups in total. The van der Waals surface area contributed by atoms with Crippen LogP contribution in [-0.4, -0.2) is 12.6 Å². The third-order valence-electron chi connectivity index (χ3n) is 2.42. The molecule has 0 aromatic heterocycles. The highest BCUT2D eigenvalue weighted by Crippen LogP contribution is 2.23. The smallest absolute Gasteiger partial charge is 0.126 e. The number of halogens is 2. The van der Waals surface area contributed by atoms with Crippen LogP contribution in [0.25, 0.3) is 0 Å². The molecule has 0 radical (unpaired) electrons. The summed E-state index contributed by atoms with van der Waals surface area (Å²) in [5.74, 6) is -1.25. The molecule has 1 aliphatic rings. The summed E-state index contributed by atoms with van der Waals surface area (Å²) >= 11 is 0. The van der Waals surface area contributed by atoms with Crippen molar-refractivity contribution in [3.8, 4) is 0 Å². The molecule has 2 rings (SSSR count). The standard InChI is InChI=1S/C10H12F2N2/c11-7-3-6(4-8(12)5-7)10-9(13)1-2-14-10/h3-5,9-10,14H,1-2,13H2/t9?,10-/m1/s1/i/hD. The predicted molar refractivity (Wildman–Crippen MR) is 49.7 cm³/mol. The van der Waals surface area contributed by atoms with Gasteiger partial charge in [-0.05, 0) is 30.7 Å². The van der Waals surface area contributed by atoms with Crippen LogP contribution in [0.4, 0.5) is 8.78 Å². The van der Waals surface area contributed by atoms with Gasteiger partial charge in [0.2, 0.25) is 0 Å².